The highest BCUT2D eigenvalue weighted by Crippen LogP contribution is 2.31. The maximum absolute atomic E-state index is 11.9. The van der Waals surface area contributed by atoms with Crippen molar-refractivity contribution in [2.45, 2.75) is 39.2 Å². The molecule has 1 unspecified atom stereocenters. The van der Waals surface area contributed by atoms with Crippen molar-refractivity contribution in [3.63, 3.8) is 0 Å². The Balaban J connectivity index is 0.00000162. The van der Waals surface area contributed by atoms with Crippen LogP contribution in [0.1, 0.15) is 40.1 Å². The van der Waals surface area contributed by atoms with Gasteiger partial charge >= 0.3 is 0 Å². The lowest BCUT2D eigenvalue weighted by Gasteiger charge is -2.10. The van der Waals surface area contributed by atoms with E-state index in [1.165, 1.54) is 24.2 Å². The first-order chi connectivity index (χ1) is 8.11. The third-order valence-electron chi connectivity index (χ3n) is 3.08. The standard InChI is InChI=1S/C12H19N3OS.ClH/c1-3-10-15-7(2)11(17-10)12(16)14-6-9(13)8-4-5-8;/h8-9H,3-6,13H2,1-2H3,(H,14,16);1H. The Bertz CT molecular complexity index is 417. The van der Waals surface area contributed by atoms with Gasteiger partial charge in [-0.15, -0.1) is 23.7 Å². The van der Waals surface area contributed by atoms with Gasteiger partial charge in [0.15, 0.2) is 0 Å². The number of carbonyl (C=O) groups is 1. The Morgan fingerprint density at radius 3 is 2.78 bits per heavy atom. The molecule has 1 atom stereocenters. The number of nitrogens with two attached hydrogens (primary N) is 1. The first-order valence-corrected chi connectivity index (χ1v) is 6.93. The summed E-state index contributed by atoms with van der Waals surface area (Å²) in [4.78, 5) is 17.0. The van der Waals surface area contributed by atoms with Crippen molar-refractivity contribution in [2.75, 3.05) is 6.54 Å². The molecular formula is C12H20ClN3OS. The largest absolute Gasteiger partial charge is 0.350 e. The van der Waals surface area contributed by atoms with Gasteiger partial charge in [0, 0.05) is 12.6 Å². The minimum atomic E-state index is -0.0317. The molecule has 102 valence electrons. The number of carbonyl (C=O) groups excluding carboxylic acids is 1. The fraction of sp³-hybridized carbons (Fsp3) is 0.667. The second-order valence-electron chi connectivity index (χ2n) is 4.59. The minimum absolute atomic E-state index is 0. The van der Waals surface area contributed by atoms with Crippen molar-refractivity contribution in [1.29, 1.82) is 0 Å². The van der Waals surface area contributed by atoms with Gasteiger partial charge in [0.05, 0.1) is 10.7 Å². The number of amides is 1. The summed E-state index contributed by atoms with van der Waals surface area (Å²) < 4.78 is 0. The van der Waals surface area contributed by atoms with Crippen LogP contribution in [0.15, 0.2) is 0 Å². The molecule has 1 fully saturated rings. The van der Waals surface area contributed by atoms with Crippen LogP contribution in [-0.4, -0.2) is 23.5 Å². The third kappa shape index (κ3) is 3.67. The highest BCUT2D eigenvalue weighted by Gasteiger charge is 2.28. The molecule has 1 amide bonds. The lowest BCUT2D eigenvalue weighted by atomic mass is 10.2. The molecule has 2 rings (SSSR count). The molecule has 0 saturated heterocycles. The van der Waals surface area contributed by atoms with Crippen LogP contribution in [0.5, 0.6) is 0 Å². The number of thiazole rings is 1. The van der Waals surface area contributed by atoms with E-state index in [0.29, 0.717) is 12.5 Å². The minimum Gasteiger partial charge on any atom is -0.350 e. The van der Waals surface area contributed by atoms with Crippen molar-refractivity contribution in [1.82, 2.24) is 10.3 Å². The monoisotopic (exact) mass is 289 g/mol. The Hall–Kier alpha value is -0.650. The quantitative estimate of drug-likeness (QED) is 0.870. The molecule has 0 aromatic carbocycles. The maximum atomic E-state index is 11.9. The molecule has 0 aliphatic heterocycles. The van der Waals surface area contributed by atoms with E-state index < -0.39 is 0 Å². The Labute approximate surface area is 118 Å². The van der Waals surface area contributed by atoms with Gasteiger partial charge in [0.2, 0.25) is 0 Å². The number of rotatable bonds is 5. The van der Waals surface area contributed by atoms with Crippen molar-refractivity contribution in [3.8, 4) is 0 Å². The summed E-state index contributed by atoms with van der Waals surface area (Å²) in [5, 5.41) is 3.92. The van der Waals surface area contributed by atoms with E-state index in [0.717, 1.165) is 22.0 Å². The number of halogens is 1. The summed E-state index contributed by atoms with van der Waals surface area (Å²) in [6, 6.07) is 0.109. The van der Waals surface area contributed by atoms with E-state index in [2.05, 4.69) is 10.3 Å². The summed E-state index contributed by atoms with van der Waals surface area (Å²) >= 11 is 1.48. The number of nitrogens with one attached hydrogen (secondary N) is 1. The summed E-state index contributed by atoms with van der Waals surface area (Å²) in [5.41, 5.74) is 6.77. The molecule has 1 aromatic heterocycles. The molecule has 1 aliphatic rings. The Morgan fingerprint density at radius 2 is 2.28 bits per heavy atom. The first-order valence-electron chi connectivity index (χ1n) is 6.12. The van der Waals surface area contributed by atoms with Crippen LogP contribution < -0.4 is 11.1 Å². The van der Waals surface area contributed by atoms with Crippen molar-refractivity contribution >= 4 is 29.7 Å². The highest BCUT2D eigenvalue weighted by molar-refractivity contribution is 7.13. The second kappa shape index (κ2) is 6.50. The van der Waals surface area contributed by atoms with E-state index in [4.69, 9.17) is 5.73 Å². The van der Waals surface area contributed by atoms with Crippen LogP contribution in [-0.2, 0) is 6.42 Å². The molecule has 3 N–H and O–H groups in total. The van der Waals surface area contributed by atoms with Crippen LogP contribution in [0.2, 0.25) is 0 Å². The summed E-state index contributed by atoms with van der Waals surface area (Å²) in [5.74, 6) is 0.583. The van der Waals surface area contributed by atoms with Crippen molar-refractivity contribution in [2.24, 2.45) is 11.7 Å². The number of hydrogen-bond donors (Lipinski definition) is 2. The van der Waals surface area contributed by atoms with Crippen LogP contribution in [0.4, 0.5) is 0 Å². The maximum Gasteiger partial charge on any atom is 0.263 e. The molecular weight excluding hydrogens is 270 g/mol. The van der Waals surface area contributed by atoms with E-state index >= 15 is 0 Å². The summed E-state index contributed by atoms with van der Waals surface area (Å²) in [6.45, 7) is 4.50. The van der Waals surface area contributed by atoms with E-state index in [-0.39, 0.29) is 24.4 Å². The topological polar surface area (TPSA) is 68.0 Å². The normalized spacial score (nSPS) is 15.9. The average molecular weight is 290 g/mol. The third-order valence-corrected chi connectivity index (χ3v) is 4.38. The van der Waals surface area contributed by atoms with Crippen LogP contribution in [0.25, 0.3) is 0 Å². The molecule has 1 aliphatic carbocycles. The van der Waals surface area contributed by atoms with Gasteiger partial charge in [-0.2, -0.15) is 0 Å². The van der Waals surface area contributed by atoms with E-state index in [9.17, 15) is 4.79 Å². The molecule has 4 nitrogen and oxygen atoms in total. The first kappa shape index (κ1) is 15.4. The van der Waals surface area contributed by atoms with Crippen LogP contribution in [0, 0.1) is 12.8 Å². The molecule has 0 bridgehead atoms. The van der Waals surface area contributed by atoms with Crippen molar-refractivity contribution < 1.29 is 4.79 Å². The fourth-order valence-corrected chi connectivity index (χ4v) is 2.72. The number of nitrogens with zero attached hydrogens (tertiary/aromatic N) is 1. The molecule has 0 radical (unpaired) electrons. The molecule has 0 spiro atoms. The molecule has 18 heavy (non-hydrogen) atoms. The van der Waals surface area contributed by atoms with Gasteiger partial charge in [0.25, 0.3) is 5.91 Å². The van der Waals surface area contributed by atoms with Gasteiger partial charge in [-0.1, -0.05) is 6.92 Å². The summed E-state index contributed by atoms with van der Waals surface area (Å²) in [6.07, 6.45) is 3.29. The van der Waals surface area contributed by atoms with Crippen LogP contribution >= 0.6 is 23.7 Å². The molecule has 1 aromatic rings. The predicted octanol–water partition coefficient (Wildman–Crippen LogP) is 1.90. The van der Waals surface area contributed by atoms with Gasteiger partial charge in [-0.25, -0.2) is 4.98 Å². The number of aromatic nitrogens is 1. The molecule has 1 saturated carbocycles. The van der Waals surface area contributed by atoms with Gasteiger partial charge < -0.3 is 11.1 Å². The van der Waals surface area contributed by atoms with Gasteiger partial charge in [-0.3, -0.25) is 4.79 Å². The highest BCUT2D eigenvalue weighted by atomic mass is 35.5. The van der Waals surface area contributed by atoms with Crippen LogP contribution in [0.3, 0.4) is 0 Å². The smallest absolute Gasteiger partial charge is 0.263 e. The zero-order valence-electron chi connectivity index (χ0n) is 10.7. The predicted molar refractivity (Wildman–Crippen MR) is 76.5 cm³/mol. The molecule has 6 heteroatoms. The zero-order valence-corrected chi connectivity index (χ0v) is 12.4. The fourth-order valence-electron chi connectivity index (χ4n) is 1.80. The van der Waals surface area contributed by atoms with Gasteiger partial charge in [-0.05, 0) is 32.1 Å². The lowest BCUT2D eigenvalue weighted by Crippen LogP contribution is -2.38. The molecule has 1 heterocycles. The second-order valence-corrected chi connectivity index (χ2v) is 5.67. The zero-order chi connectivity index (χ0) is 12.4. The van der Waals surface area contributed by atoms with E-state index in [1.807, 2.05) is 13.8 Å². The average Bonchev–Trinajstić information content (AvgIpc) is 3.09. The van der Waals surface area contributed by atoms with Gasteiger partial charge in [0.1, 0.15) is 4.88 Å². The Morgan fingerprint density at radius 1 is 1.61 bits per heavy atom. The lowest BCUT2D eigenvalue weighted by molar-refractivity contribution is 0.0953. The number of aryl methyl sites for hydroxylation is 2. The van der Waals surface area contributed by atoms with Crippen molar-refractivity contribution in [3.05, 3.63) is 15.6 Å². The number of hydrogen-bond acceptors (Lipinski definition) is 4. The van der Waals surface area contributed by atoms with E-state index in [1.54, 1.807) is 0 Å². The Kier molecular flexibility index (Phi) is 5.56. The summed E-state index contributed by atoms with van der Waals surface area (Å²) in [7, 11) is 0. The SMILES string of the molecule is CCc1nc(C)c(C(=O)NCC(N)C2CC2)s1.Cl.